The van der Waals surface area contributed by atoms with Crippen LogP contribution in [0.25, 0.3) is 0 Å². The van der Waals surface area contributed by atoms with Crippen molar-refractivity contribution >= 4 is 11.9 Å². The maximum atomic E-state index is 11.3. The topological polar surface area (TPSA) is 75.6 Å². The Labute approximate surface area is 103 Å². The van der Waals surface area contributed by atoms with Crippen molar-refractivity contribution in [1.29, 1.82) is 0 Å². The molecule has 0 heterocycles. The molecule has 0 saturated heterocycles. The lowest BCUT2D eigenvalue weighted by atomic mass is 10.2. The second-order valence-corrected chi connectivity index (χ2v) is 4.00. The van der Waals surface area contributed by atoms with Crippen molar-refractivity contribution in [2.45, 2.75) is 44.9 Å². The molecule has 0 aromatic rings. The molecule has 0 aliphatic carbocycles. The molecule has 0 aromatic carbocycles. The molecule has 0 spiro atoms. The molecule has 0 atom stereocenters. The molecule has 5 heteroatoms. The van der Waals surface area contributed by atoms with Crippen molar-refractivity contribution in [3.8, 4) is 0 Å². The predicted octanol–water partition coefficient (Wildman–Crippen LogP) is 1.56. The highest BCUT2D eigenvalue weighted by molar-refractivity contribution is 5.75. The first kappa shape index (κ1) is 15.9. The van der Waals surface area contributed by atoms with Crippen LogP contribution >= 0.6 is 0 Å². The van der Waals surface area contributed by atoms with Gasteiger partial charge in [-0.15, -0.1) is 0 Å². The van der Waals surface area contributed by atoms with Gasteiger partial charge in [0.15, 0.2) is 0 Å². The molecule has 0 aliphatic rings. The lowest BCUT2D eigenvalue weighted by molar-refractivity contribution is -0.137. The zero-order valence-corrected chi connectivity index (χ0v) is 10.5. The third kappa shape index (κ3) is 12.8. The molecule has 0 aliphatic heterocycles. The lowest BCUT2D eigenvalue weighted by Crippen LogP contribution is -2.24. The van der Waals surface area contributed by atoms with Gasteiger partial charge in [-0.3, -0.25) is 9.59 Å². The van der Waals surface area contributed by atoms with Crippen LogP contribution in [0.2, 0.25) is 0 Å². The fraction of sp³-hybridized carbons (Fsp3) is 0.833. The minimum Gasteiger partial charge on any atom is -0.481 e. The molecule has 2 N–H and O–H groups in total. The zero-order chi connectivity index (χ0) is 12.9. The number of nitrogens with one attached hydrogen (secondary N) is 1. The summed E-state index contributed by atoms with van der Waals surface area (Å²) in [5.74, 6) is -0.786. The van der Waals surface area contributed by atoms with Crippen molar-refractivity contribution in [2.24, 2.45) is 0 Å². The summed E-state index contributed by atoms with van der Waals surface area (Å²) in [6.07, 6.45) is 4.80. The number of ether oxygens (including phenoxy) is 1. The summed E-state index contributed by atoms with van der Waals surface area (Å²) in [5.41, 5.74) is 0. The van der Waals surface area contributed by atoms with Gasteiger partial charge in [-0.25, -0.2) is 0 Å². The molecule has 0 aromatic heterocycles. The minimum atomic E-state index is -0.802. The maximum Gasteiger partial charge on any atom is 0.303 e. The number of rotatable bonds is 11. The highest BCUT2D eigenvalue weighted by atomic mass is 16.5. The van der Waals surface area contributed by atoms with E-state index in [9.17, 15) is 9.59 Å². The summed E-state index contributed by atoms with van der Waals surface area (Å²) < 4.78 is 4.92. The summed E-state index contributed by atoms with van der Waals surface area (Å²) in [4.78, 5) is 21.5. The Balaban J connectivity index is 3.20. The van der Waals surface area contributed by atoms with E-state index >= 15 is 0 Å². The Morgan fingerprint density at radius 3 is 2.41 bits per heavy atom. The maximum absolute atomic E-state index is 11.3. The number of carbonyl (C=O) groups is 2. The van der Waals surface area contributed by atoms with E-state index in [0.717, 1.165) is 25.9 Å². The summed E-state index contributed by atoms with van der Waals surface area (Å²) >= 11 is 0. The van der Waals surface area contributed by atoms with Gasteiger partial charge in [0.05, 0.1) is 0 Å². The third-order valence-corrected chi connectivity index (χ3v) is 2.39. The third-order valence-electron chi connectivity index (χ3n) is 2.39. The van der Waals surface area contributed by atoms with Gasteiger partial charge in [-0.1, -0.05) is 0 Å². The highest BCUT2D eigenvalue weighted by Gasteiger charge is 2.02. The zero-order valence-electron chi connectivity index (χ0n) is 10.5. The van der Waals surface area contributed by atoms with Gasteiger partial charge < -0.3 is 15.2 Å². The van der Waals surface area contributed by atoms with Gasteiger partial charge in [0, 0.05) is 33.1 Å². The second kappa shape index (κ2) is 11.4. The lowest BCUT2D eigenvalue weighted by Gasteiger charge is -2.04. The van der Waals surface area contributed by atoms with Crippen molar-refractivity contribution < 1.29 is 19.4 Å². The molecular weight excluding hydrogens is 222 g/mol. The number of hydrogen-bond donors (Lipinski definition) is 2. The normalized spacial score (nSPS) is 10.2. The number of amides is 1. The van der Waals surface area contributed by atoms with E-state index in [0.29, 0.717) is 25.8 Å². The van der Waals surface area contributed by atoms with Crippen LogP contribution in [0.4, 0.5) is 0 Å². The molecule has 5 nitrogen and oxygen atoms in total. The SMILES string of the molecule is COCCCCCNC(=O)CCCCC(=O)O. The molecule has 0 radical (unpaired) electrons. The largest absolute Gasteiger partial charge is 0.481 e. The Kier molecular flexibility index (Phi) is 10.7. The van der Waals surface area contributed by atoms with E-state index in [1.807, 2.05) is 0 Å². The first-order valence-corrected chi connectivity index (χ1v) is 6.14. The number of carboxylic acid groups (broad SMARTS) is 1. The van der Waals surface area contributed by atoms with Gasteiger partial charge in [-0.05, 0) is 32.1 Å². The van der Waals surface area contributed by atoms with E-state index in [1.165, 1.54) is 0 Å². The molecule has 1 amide bonds. The number of carbonyl (C=O) groups excluding carboxylic acids is 1. The molecule has 0 bridgehead atoms. The fourth-order valence-electron chi connectivity index (χ4n) is 1.43. The number of hydrogen-bond acceptors (Lipinski definition) is 3. The van der Waals surface area contributed by atoms with Crippen molar-refractivity contribution in [2.75, 3.05) is 20.3 Å². The molecule has 0 fully saturated rings. The van der Waals surface area contributed by atoms with E-state index in [2.05, 4.69) is 5.32 Å². The number of methoxy groups -OCH3 is 1. The molecule has 0 saturated carbocycles. The Bertz CT molecular complexity index is 219. The smallest absolute Gasteiger partial charge is 0.303 e. The molecule has 0 rings (SSSR count). The molecular formula is C12H23NO4. The van der Waals surface area contributed by atoms with Crippen molar-refractivity contribution in [3.05, 3.63) is 0 Å². The van der Waals surface area contributed by atoms with Gasteiger partial charge in [0.2, 0.25) is 5.91 Å². The first-order valence-electron chi connectivity index (χ1n) is 6.14. The minimum absolute atomic E-state index is 0.0159. The fourth-order valence-corrected chi connectivity index (χ4v) is 1.43. The van der Waals surface area contributed by atoms with Crippen LogP contribution in [-0.4, -0.2) is 37.2 Å². The van der Waals surface area contributed by atoms with Crippen molar-refractivity contribution in [3.63, 3.8) is 0 Å². The monoisotopic (exact) mass is 245 g/mol. The van der Waals surface area contributed by atoms with E-state index < -0.39 is 5.97 Å². The van der Waals surface area contributed by atoms with Gasteiger partial charge in [0.25, 0.3) is 0 Å². The standard InChI is InChI=1S/C12H23NO4/c1-17-10-6-2-5-9-13-11(14)7-3-4-8-12(15)16/h2-10H2,1H3,(H,13,14)(H,15,16). The van der Waals surface area contributed by atoms with Crippen molar-refractivity contribution in [1.82, 2.24) is 5.32 Å². The quantitative estimate of drug-likeness (QED) is 0.542. The Hall–Kier alpha value is -1.10. The van der Waals surface area contributed by atoms with E-state index in [1.54, 1.807) is 7.11 Å². The van der Waals surface area contributed by atoms with Crippen LogP contribution in [-0.2, 0) is 14.3 Å². The van der Waals surface area contributed by atoms with Gasteiger partial charge in [-0.2, -0.15) is 0 Å². The summed E-state index contributed by atoms with van der Waals surface area (Å²) in [6.45, 7) is 1.46. The second-order valence-electron chi connectivity index (χ2n) is 4.00. The number of carboxylic acids is 1. The van der Waals surface area contributed by atoms with Crippen LogP contribution in [0.5, 0.6) is 0 Å². The number of unbranched alkanes of at least 4 members (excludes halogenated alkanes) is 3. The molecule has 17 heavy (non-hydrogen) atoms. The number of aliphatic carboxylic acids is 1. The predicted molar refractivity (Wildman–Crippen MR) is 64.8 cm³/mol. The molecule has 0 unspecified atom stereocenters. The summed E-state index contributed by atoms with van der Waals surface area (Å²) in [7, 11) is 1.68. The average Bonchev–Trinajstić information content (AvgIpc) is 2.29. The Morgan fingerprint density at radius 1 is 1.06 bits per heavy atom. The summed E-state index contributed by atoms with van der Waals surface area (Å²) in [6, 6.07) is 0. The summed E-state index contributed by atoms with van der Waals surface area (Å²) in [5, 5.41) is 11.2. The van der Waals surface area contributed by atoms with E-state index in [4.69, 9.17) is 9.84 Å². The van der Waals surface area contributed by atoms with Crippen LogP contribution in [0.1, 0.15) is 44.9 Å². The van der Waals surface area contributed by atoms with Crippen LogP contribution in [0.3, 0.4) is 0 Å². The average molecular weight is 245 g/mol. The molecule has 100 valence electrons. The Morgan fingerprint density at radius 2 is 1.76 bits per heavy atom. The van der Waals surface area contributed by atoms with Crippen LogP contribution < -0.4 is 5.32 Å². The van der Waals surface area contributed by atoms with Crippen LogP contribution in [0, 0.1) is 0 Å². The van der Waals surface area contributed by atoms with E-state index in [-0.39, 0.29) is 12.3 Å². The van der Waals surface area contributed by atoms with Gasteiger partial charge in [0.1, 0.15) is 0 Å². The van der Waals surface area contributed by atoms with Gasteiger partial charge >= 0.3 is 5.97 Å². The highest BCUT2D eigenvalue weighted by Crippen LogP contribution is 2.00. The van der Waals surface area contributed by atoms with Crippen LogP contribution in [0.15, 0.2) is 0 Å². The first-order chi connectivity index (χ1) is 8.16.